The predicted molar refractivity (Wildman–Crippen MR) is 124 cm³/mol. The van der Waals surface area contributed by atoms with Gasteiger partial charge in [0.25, 0.3) is 5.91 Å². The Labute approximate surface area is 198 Å². The number of rotatable bonds is 9. The van der Waals surface area contributed by atoms with Crippen LogP contribution in [-0.4, -0.2) is 57.6 Å². The Hall–Kier alpha value is -3.66. The summed E-state index contributed by atoms with van der Waals surface area (Å²) >= 11 is 0. The normalized spacial score (nSPS) is 15.4. The molecule has 0 radical (unpaired) electrons. The minimum Gasteiger partial charge on any atom is -0.491 e. The lowest BCUT2D eigenvalue weighted by Gasteiger charge is -2.27. The smallest absolute Gasteiger partial charge is 0.332 e. The molecule has 34 heavy (non-hydrogen) atoms. The minimum absolute atomic E-state index is 0.267. The highest BCUT2D eigenvalue weighted by Gasteiger charge is 2.52. The van der Waals surface area contributed by atoms with E-state index < -0.39 is 11.6 Å². The van der Waals surface area contributed by atoms with Crippen LogP contribution in [0.25, 0.3) is 0 Å². The van der Waals surface area contributed by atoms with Crippen LogP contribution < -0.4 is 9.64 Å². The molecule has 0 bridgehead atoms. The van der Waals surface area contributed by atoms with Crippen LogP contribution in [0.3, 0.4) is 0 Å². The van der Waals surface area contributed by atoms with Gasteiger partial charge in [-0.15, -0.1) is 0 Å². The Bertz CT molecular complexity index is 1180. The highest BCUT2D eigenvalue weighted by atomic mass is 16.5. The number of aromatic nitrogens is 3. The van der Waals surface area contributed by atoms with E-state index in [0.29, 0.717) is 37.0 Å². The fourth-order valence-corrected chi connectivity index (χ4v) is 3.93. The zero-order valence-corrected chi connectivity index (χ0v) is 20.1. The molecular formula is C24H29N5O5. The van der Waals surface area contributed by atoms with Crippen LogP contribution in [0.15, 0.2) is 41.2 Å². The molecule has 0 atom stereocenters. The van der Waals surface area contributed by atoms with Crippen molar-refractivity contribution in [3.8, 4) is 5.75 Å². The Morgan fingerprint density at radius 3 is 2.62 bits per heavy atom. The molecule has 10 nitrogen and oxygen atoms in total. The molecule has 1 aliphatic rings. The number of imide groups is 1. The number of urea groups is 1. The van der Waals surface area contributed by atoms with E-state index in [1.807, 2.05) is 38.1 Å². The standard InChI is InChI=1S/C24H29N5O5/c1-16-21(17(2)34-26-16)15-27-14-19(12-25-27)29-22(30)24(3,4)28(23(29)31)13-18-7-6-8-20(11-18)33-10-9-32-5/h6-8,11-12,14H,9-10,13,15H2,1-5H3. The molecule has 0 unspecified atom stereocenters. The molecule has 0 saturated carbocycles. The second-order valence-corrected chi connectivity index (χ2v) is 8.76. The summed E-state index contributed by atoms with van der Waals surface area (Å²) in [6.07, 6.45) is 3.21. The molecule has 180 valence electrons. The first-order valence-electron chi connectivity index (χ1n) is 11.0. The maximum Gasteiger partial charge on any atom is 0.332 e. The lowest BCUT2D eigenvalue weighted by molar-refractivity contribution is -0.123. The lowest BCUT2D eigenvalue weighted by atomic mass is 10.0. The van der Waals surface area contributed by atoms with Crippen molar-refractivity contribution >= 4 is 17.6 Å². The highest BCUT2D eigenvalue weighted by molar-refractivity contribution is 6.22. The number of ether oxygens (including phenoxy) is 2. The van der Waals surface area contributed by atoms with Crippen molar-refractivity contribution in [1.82, 2.24) is 19.8 Å². The van der Waals surface area contributed by atoms with Crippen LogP contribution >= 0.6 is 0 Å². The third-order valence-corrected chi connectivity index (χ3v) is 6.00. The SMILES string of the molecule is COCCOc1cccc(CN2C(=O)N(c3cnn(Cc4c(C)noc4C)c3)C(=O)C2(C)C)c1. The summed E-state index contributed by atoms with van der Waals surface area (Å²) in [4.78, 5) is 29.4. The van der Waals surface area contributed by atoms with E-state index in [0.717, 1.165) is 16.8 Å². The van der Waals surface area contributed by atoms with Crippen LogP contribution in [0, 0.1) is 13.8 Å². The lowest BCUT2D eigenvalue weighted by Crippen LogP contribution is -2.43. The zero-order valence-electron chi connectivity index (χ0n) is 20.1. The first-order valence-corrected chi connectivity index (χ1v) is 11.0. The van der Waals surface area contributed by atoms with Crippen molar-refractivity contribution in [3.05, 3.63) is 59.2 Å². The summed E-state index contributed by atoms with van der Waals surface area (Å²) in [5.74, 6) is 1.09. The summed E-state index contributed by atoms with van der Waals surface area (Å²) in [6, 6.07) is 7.09. The Kier molecular flexibility index (Phi) is 6.43. The Morgan fingerprint density at radius 2 is 1.91 bits per heavy atom. The van der Waals surface area contributed by atoms with Gasteiger partial charge in [-0.3, -0.25) is 9.48 Å². The van der Waals surface area contributed by atoms with Crippen molar-refractivity contribution in [2.24, 2.45) is 0 Å². The predicted octanol–water partition coefficient (Wildman–Crippen LogP) is 3.31. The third-order valence-electron chi connectivity index (χ3n) is 6.00. The number of benzene rings is 1. The first-order chi connectivity index (χ1) is 16.2. The summed E-state index contributed by atoms with van der Waals surface area (Å²) in [5, 5.41) is 8.31. The number of hydrogen-bond acceptors (Lipinski definition) is 7. The number of nitrogens with zero attached hydrogens (tertiary/aromatic N) is 5. The van der Waals surface area contributed by atoms with E-state index in [1.54, 1.807) is 36.7 Å². The van der Waals surface area contributed by atoms with Crippen molar-refractivity contribution in [3.63, 3.8) is 0 Å². The van der Waals surface area contributed by atoms with Crippen LogP contribution in [0.5, 0.6) is 5.75 Å². The first kappa shape index (κ1) is 23.5. The Balaban J connectivity index is 1.52. The molecule has 3 aromatic rings. The van der Waals surface area contributed by atoms with Crippen molar-refractivity contribution in [2.75, 3.05) is 25.2 Å². The Morgan fingerprint density at radius 1 is 1.12 bits per heavy atom. The van der Waals surface area contributed by atoms with Crippen molar-refractivity contribution in [1.29, 1.82) is 0 Å². The number of carbonyl (C=O) groups excluding carboxylic acids is 2. The molecule has 1 aliphatic heterocycles. The average molecular weight is 468 g/mol. The van der Waals surface area contributed by atoms with Crippen molar-refractivity contribution in [2.45, 2.75) is 46.3 Å². The van der Waals surface area contributed by atoms with E-state index in [4.69, 9.17) is 14.0 Å². The molecule has 3 amide bonds. The van der Waals surface area contributed by atoms with Gasteiger partial charge in [-0.05, 0) is 45.4 Å². The topological polar surface area (TPSA) is 103 Å². The van der Waals surface area contributed by atoms with Gasteiger partial charge in [0.1, 0.15) is 23.7 Å². The molecule has 0 spiro atoms. The van der Waals surface area contributed by atoms with Crippen LogP contribution in [0.4, 0.5) is 10.5 Å². The largest absolute Gasteiger partial charge is 0.491 e. The summed E-state index contributed by atoms with van der Waals surface area (Å²) in [5.41, 5.74) is 1.97. The van der Waals surface area contributed by atoms with Gasteiger partial charge in [0.05, 0.1) is 30.7 Å². The highest BCUT2D eigenvalue weighted by Crippen LogP contribution is 2.33. The molecule has 1 fully saturated rings. The number of methoxy groups -OCH3 is 1. The summed E-state index contributed by atoms with van der Waals surface area (Å²) < 4.78 is 17.6. The van der Waals surface area contributed by atoms with E-state index in [2.05, 4.69) is 10.3 Å². The maximum atomic E-state index is 13.4. The maximum absolute atomic E-state index is 13.4. The molecule has 4 rings (SSSR count). The van der Waals surface area contributed by atoms with E-state index in [9.17, 15) is 9.59 Å². The van der Waals surface area contributed by atoms with Crippen LogP contribution in [0.2, 0.25) is 0 Å². The molecule has 10 heteroatoms. The number of aryl methyl sites for hydroxylation is 2. The number of carbonyl (C=O) groups is 2. The number of anilines is 1. The fourth-order valence-electron chi connectivity index (χ4n) is 3.93. The van der Waals surface area contributed by atoms with E-state index in [1.165, 1.54) is 11.1 Å². The minimum atomic E-state index is -1.02. The molecule has 1 aromatic carbocycles. The second-order valence-electron chi connectivity index (χ2n) is 8.76. The quantitative estimate of drug-likeness (QED) is 0.351. The summed E-state index contributed by atoms with van der Waals surface area (Å²) in [6.45, 7) is 8.81. The fraction of sp³-hybridized carbons (Fsp3) is 0.417. The second kappa shape index (κ2) is 9.30. The van der Waals surface area contributed by atoms with Gasteiger partial charge in [0, 0.05) is 25.4 Å². The molecule has 0 N–H and O–H groups in total. The van der Waals surface area contributed by atoms with Gasteiger partial charge >= 0.3 is 6.03 Å². The van der Waals surface area contributed by atoms with Gasteiger partial charge in [0.2, 0.25) is 0 Å². The summed E-state index contributed by atoms with van der Waals surface area (Å²) in [7, 11) is 1.62. The van der Waals surface area contributed by atoms with E-state index in [-0.39, 0.29) is 12.5 Å². The van der Waals surface area contributed by atoms with Crippen LogP contribution in [-0.2, 0) is 22.6 Å². The van der Waals surface area contributed by atoms with E-state index >= 15 is 0 Å². The van der Waals surface area contributed by atoms with Crippen molar-refractivity contribution < 1.29 is 23.6 Å². The molecule has 1 saturated heterocycles. The van der Waals surface area contributed by atoms with Gasteiger partial charge in [0.15, 0.2) is 0 Å². The van der Waals surface area contributed by atoms with Gasteiger partial charge in [-0.25, -0.2) is 9.69 Å². The number of hydrogen-bond donors (Lipinski definition) is 0. The molecule has 3 heterocycles. The third kappa shape index (κ3) is 4.41. The van der Waals surface area contributed by atoms with Gasteiger partial charge in [-0.2, -0.15) is 5.10 Å². The monoisotopic (exact) mass is 467 g/mol. The average Bonchev–Trinajstić information content (AvgIpc) is 3.43. The molecule has 2 aromatic heterocycles. The molecular weight excluding hydrogens is 438 g/mol. The van der Waals surface area contributed by atoms with Crippen LogP contribution in [0.1, 0.15) is 36.4 Å². The van der Waals surface area contributed by atoms with Gasteiger partial charge < -0.3 is 18.9 Å². The number of amides is 3. The zero-order chi connectivity index (χ0) is 24.5. The van der Waals surface area contributed by atoms with Gasteiger partial charge in [-0.1, -0.05) is 17.3 Å². The molecule has 0 aliphatic carbocycles.